The number of amides is 1. The summed E-state index contributed by atoms with van der Waals surface area (Å²) in [5.74, 6) is -0.0430. The van der Waals surface area contributed by atoms with Crippen molar-refractivity contribution in [3.05, 3.63) is 44.6 Å². The SMILES string of the molecule is Cc1ccc2[nH]c(=O)n(CC3(C)CCC(=O)N3)c(=O)c2c1. The highest BCUT2D eigenvalue weighted by atomic mass is 16.2. The average Bonchev–Trinajstić information content (AvgIpc) is 2.76. The maximum Gasteiger partial charge on any atom is 0.328 e. The van der Waals surface area contributed by atoms with Gasteiger partial charge in [-0.3, -0.25) is 14.2 Å². The van der Waals surface area contributed by atoms with E-state index >= 15 is 0 Å². The normalized spacial score (nSPS) is 21.7. The molecule has 1 aromatic heterocycles. The minimum Gasteiger partial charge on any atom is -0.349 e. The number of rotatable bonds is 2. The zero-order valence-corrected chi connectivity index (χ0v) is 12.0. The molecule has 2 heterocycles. The second kappa shape index (κ2) is 4.58. The molecule has 6 heteroatoms. The topological polar surface area (TPSA) is 84.0 Å². The van der Waals surface area contributed by atoms with Crippen LogP contribution < -0.4 is 16.6 Å². The molecular formula is C15H17N3O3. The molecular weight excluding hydrogens is 270 g/mol. The fourth-order valence-electron chi connectivity index (χ4n) is 2.83. The second-order valence-electron chi connectivity index (χ2n) is 5.98. The number of hydrogen-bond donors (Lipinski definition) is 2. The van der Waals surface area contributed by atoms with Gasteiger partial charge in [0.1, 0.15) is 0 Å². The third-order valence-corrected chi connectivity index (χ3v) is 3.99. The van der Waals surface area contributed by atoms with E-state index < -0.39 is 11.2 Å². The van der Waals surface area contributed by atoms with Crippen LogP contribution in [0, 0.1) is 6.92 Å². The smallest absolute Gasteiger partial charge is 0.328 e. The molecule has 110 valence electrons. The highest BCUT2D eigenvalue weighted by Gasteiger charge is 2.34. The molecule has 0 bridgehead atoms. The number of H-pyrrole nitrogens is 1. The van der Waals surface area contributed by atoms with Crippen molar-refractivity contribution in [3.8, 4) is 0 Å². The lowest BCUT2D eigenvalue weighted by Gasteiger charge is -2.24. The van der Waals surface area contributed by atoms with Crippen LogP contribution in [0.4, 0.5) is 0 Å². The molecule has 1 aliphatic rings. The molecule has 0 spiro atoms. The van der Waals surface area contributed by atoms with Gasteiger partial charge in [-0.05, 0) is 32.4 Å². The van der Waals surface area contributed by atoms with E-state index in [0.717, 1.165) is 5.56 Å². The van der Waals surface area contributed by atoms with Crippen LogP contribution in [0.1, 0.15) is 25.3 Å². The van der Waals surface area contributed by atoms with E-state index in [1.807, 2.05) is 19.9 Å². The number of benzene rings is 1. The van der Waals surface area contributed by atoms with Gasteiger partial charge in [-0.2, -0.15) is 0 Å². The number of aromatic nitrogens is 2. The molecule has 0 radical (unpaired) electrons. The average molecular weight is 287 g/mol. The number of aryl methyl sites for hydroxylation is 1. The number of nitrogens with one attached hydrogen (secondary N) is 2. The summed E-state index contributed by atoms with van der Waals surface area (Å²) in [6, 6.07) is 5.34. The molecule has 1 amide bonds. The molecule has 2 aromatic rings. The monoisotopic (exact) mass is 287 g/mol. The molecule has 2 N–H and O–H groups in total. The van der Waals surface area contributed by atoms with Gasteiger partial charge in [-0.25, -0.2) is 4.79 Å². The summed E-state index contributed by atoms with van der Waals surface area (Å²) in [6.45, 7) is 3.92. The van der Waals surface area contributed by atoms with E-state index in [1.165, 1.54) is 4.57 Å². The van der Waals surface area contributed by atoms with Crippen LogP contribution in [0.25, 0.3) is 10.9 Å². The highest BCUT2D eigenvalue weighted by molar-refractivity contribution is 5.79. The lowest BCUT2D eigenvalue weighted by molar-refractivity contribution is -0.119. The predicted octanol–water partition coefficient (Wildman–Crippen LogP) is 0.667. The van der Waals surface area contributed by atoms with E-state index in [0.29, 0.717) is 23.7 Å². The first-order chi connectivity index (χ1) is 9.88. The third-order valence-electron chi connectivity index (χ3n) is 3.99. The lowest BCUT2D eigenvalue weighted by Crippen LogP contribution is -2.48. The van der Waals surface area contributed by atoms with Gasteiger partial charge in [0.2, 0.25) is 5.91 Å². The van der Waals surface area contributed by atoms with Crippen molar-refractivity contribution in [3.63, 3.8) is 0 Å². The molecule has 21 heavy (non-hydrogen) atoms. The Hall–Kier alpha value is -2.37. The summed E-state index contributed by atoms with van der Waals surface area (Å²) in [6.07, 6.45) is 1.04. The number of carbonyl (C=O) groups excluding carboxylic acids is 1. The summed E-state index contributed by atoms with van der Waals surface area (Å²) in [4.78, 5) is 38.8. The summed E-state index contributed by atoms with van der Waals surface area (Å²) in [7, 11) is 0. The maximum atomic E-state index is 12.5. The van der Waals surface area contributed by atoms with Crippen molar-refractivity contribution >= 4 is 16.8 Å². The maximum absolute atomic E-state index is 12.5. The van der Waals surface area contributed by atoms with Gasteiger partial charge < -0.3 is 10.3 Å². The van der Waals surface area contributed by atoms with Crippen molar-refractivity contribution in [2.75, 3.05) is 0 Å². The van der Waals surface area contributed by atoms with Crippen LogP contribution in [0.5, 0.6) is 0 Å². The summed E-state index contributed by atoms with van der Waals surface area (Å²) < 4.78 is 1.17. The highest BCUT2D eigenvalue weighted by Crippen LogP contribution is 2.20. The third kappa shape index (κ3) is 2.37. The predicted molar refractivity (Wildman–Crippen MR) is 79.3 cm³/mol. The first-order valence-corrected chi connectivity index (χ1v) is 6.92. The molecule has 6 nitrogen and oxygen atoms in total. The van der Waals surface area contributed by atoms with Gasteiger partial charge in [-0.15, -0.1) is 0 Å². The largest absolute Gasteiger partial charge is 0.349 e. The Morgan fingerprint density at radius 3 is 2.71 bits per heavy atom. The van der Waals surface area contributed by atoms with Crippen LogP contribution in [0.15, 0.2) is 27.8 Å². The Kier molecular flexibility index (Phi) is 2.97. The van der Waals surface area contributed by atoms with Crippen molar-refractivity contribution in [2.24, 2.45) is 0 Å². The Labute approximate surface area is 120 Å². The number of carbonyl (C=O) groups is 1. The molecule has 1 aromatic carbocycles. The molecule has 1 unspecified atom stereocenters. The quantitative estimate of drug-likeness (QED) is 0.851. The van der Waals surface area contributed by atoms with Crippen molar-refractivity contribution in [1.29, 1.82) is 0 Å². The molecule has 1 fully saturated rings. The minimum atomic E-state index is -0.550. The van der Waals surface area contributed by atoms with Crippen molar-refractivity contribution in [1.82, 2.24) is 14.9 Å². The van der Waals surface area contributed by atoms with E-state index in [4.69, 9.17) is 0 Å². The van der Waals surface area contributed by atoms with Crippen LogP contribution in [0.2, 0.25) is 0 Å². The summed E-state index contributed by atoms with van der Waals surface area (Å²) >= 11 is 0. The first-order valence-electron chi connectivity index (χ1n) is 6.92. The summed E-state index contributed by atoms with van der Waals surface area (Å²) in [5.41, 5.74) is 0.176. The first kappa shape index (κ1) is 13.6. The van der Waals surface area contributed by atoms with Crippen LogP contribution >= 0.6 is 0 Å². The minimum absolute atomic E-state index is 0.0430. The standard InChI is InChI=1S/C15H17N3O3/c1-9-3-4-11-10(7-9)13(20)18(14(21)16-11)8-15(2)6-5-12(19)17-15/h3-4,7H,5-6,8H2,1-2H3,(H,16,21)(H,17,19). The van der Waals surface area contributed by atoms with Gasteiger partial charge in [0, 0.05) is 6.42 Å². The fourth-order valence-corrected chi connectivity index (χ4v) is 2.83. The van der Waals surface area contributed by atoms with E-state index in [2.05, 4.69) is 10.3 Å². The number of hydrogen-bond acceptors (Lipinski definition) is 3. The van der Waals surface area contributed by atoms with E-state index in [9.17, 15) is 14.4 Å². The number of aromatic amines is 1. The Balaban J connectivity index is 2.13. The van der Waals surface area contributed by atoms with Crippen molar-refractivity contribution in [2.45, 2.75) is 38.8 Å². The molecule has 0 saturated carbocycles. The molecule has 0 aliphatic carbocycles. The zero-order valence-electron chi connectivity index (χ0n) is 12.0. The zero-order chi connectivity index (χ0) is 15.2. The molecule has 1 aliphatic heterocycles. The van der Waals surface area contributed by atoms with Gasteiger partial charge in [0.25, 0.3) is 5.56 Å². The second-order valence-corrected chi connectivity index (χ2v) is 5.98. The fraction of sp³-hybridized carbons (Fsp3) is 0.400. The Morgan fingerprint density at radius 1 is 1.29 bits per heavy atom. The number of fused-ring (bicyclic) bond motifs is 1. The van der Waals surface area contributed by atoms with Gasteiger partial charge in [-0.1, -0.05) is 11.6 Å². The van der Waals surface area contributed by atoms with Crippen LogP contribution in [-0.4, -0.2) is 21.0 Å². The molecule has 3 rings (SSSR count). The van der Waals surface area contributed by atoms with Crippen LogP contribution in [-0.2, 0) is 11.3 Å². The van der Waals surface area contributed by atoms with Gasteiger partial charge >= 0.3 is 5.69 Å². The Morgan fingerprint density at radius 2 is 2.05 bits per heavy atom. The molecule has 1 atom stereocenters. The van der Waals surface area contributed by atoms with Gasteiger partial charge in [0.05, 0.1) is 23.0 Å². The van der Waals surface area contributed by atoms with Crippen molar-refractivity contribution < 1.29 is 4.79 Å². The Bertz CT molecular complexity index is 849. The van der Waals surface area contributed by atoms with E-state index in [1.54, 1.807) is 12.1 Å². The number of nitrogens with zero attached hydrogens (tertiary/aromatic N) is 1. The van der Waals surface area contributed by atoms with Gasteiger partial charge in [0.15, 0.2) is 0 Å². The van der Waals surface area contributed by atoms with Crippen LogP contribution in [0.3, 0.4) is 0 Å². The lowest BCUT2D eigenvalue weighted by atomic mass is 10.0. The van der Waals surface area contributed by atoms with E-state index in [-0.39, 0.29) is 18.0 Å². The summed E-state index contributed by atoms with van der Waals surface area (Å²) in [5, 5.41) is 3.33. The molecule has 1 saturated heterocycles.